The Balaban J connectivity index is 2.53. The van der Waals surface area contributed by atoms with Gasteiger partial charge in [0.2, 0.25) is 0 Å². The van der Waals surface area contributed by atoms with E-state index in [2.05, 4.69) is 9.97 Å². The van der Waals surface area contributed by atoms with Gasteiger partial charge < -0.3 is 9.84 Å². The molecule has 0 fully saturated rings. The largest absolute Gasteiger partial charge is 0.497 e. The fourth-order valence-corrected chi connectivity index (χ4v) is 1.77. The molecule has 0 radical (unpaired) electrons. The van der Waals surface area contributed by atoms with Crippen molar-refractivity contribution in [2.24, 2.45) is 0 Å². The maximum atomic E-state index is 10.0. The number of hydrogen-bond acceptors (Lipinski definition) is 4. The molecule has 2 rings (SSSR count). The summed E-state index contributed by atoms with van der Waals surface area (Å²) in [6, 6.07) is 9.56. The molecule has 0 unspecified atom stereocenters. The molecule has 1 heterocycles. The Morgan fingerprint density at radius 2 is 1.89 bits per heavy atom. The van der Waals surface area contributed by atoms with Gasteiger partial charge in [0.1, 0.15) is 11.4 Å². The van der Waals surface area contributed by atoms with Gasteiger partial charge in [0.05, 0.1) is 12.8 Å². The average Bonchev–Trinajstić information content (AvgIpc) is 2.37. The van der Waals surface area contributed by atoms with Crippen LogP contribution in [0.4, 0.5) is 0 Å². The maximum absolute atomic E-state index is 10.0. The van der Waals surface area contributed by atoms with E-state index in [0.717, 1.165) is 22.7 Å². The molecule has 4 heteroatoms. The van der Waals surface area contributed by atoms with E-state index in [1.54, 1.807) is 21.0 Å². The molecule has 0 saturated carbocycles. The number of rotatable bonds is 3. The van der Waals surface area contributed by atoms with Crippen LogP contribution in [0.15, 0.2) is 30.3 Å². The van der Waals surface area contributed by atoms with E-state index in [9.17, 15) is 5.11 Å². The van der Waals surface area contributed by atoms with Crippen LogP contribution in [0.25, 0.3) is 11.3 Å². The Kier molecular flexibility index (Phi) is 3.53. The Bertz CT molecular complexity index is 589. The van der Waals surface area contributed by atoms with Gasteiger partial charge in [-0.1, -0.05) is 12.1 Å². The standard InChI is InChI=1S/C15H18N2O2/c1-10-8-13(17-14(16-10)15(2,3)18)11-6-5-7-12(9-11)19-4/h5-9,18H,1-4H3. The smallest absolute Gasteiger partial charge is 0.160 e. The van der Waals surface area contributed by atoms with Gasteiger partial charge in [-0.05, 0) is 39.0 Å². The number of aliphatic hydroxyl groups is 1. The molecule has 0 atom stereocenters. The van der Waals surface area contributed by atoms with E-state index < -0.39 is 5.60 Å². The number of hydrogen-bond donors (Lipinski definition) is 1. The van der Waals surface area contributed by atoms with Gasteiger partial charge in [-0.15, -0.1) is 0 Å². The van der Waals surface area contributed by atoms with Crippen molar-refractivity contribution in [3.8, 4) is 17.0 Å². The van der Waals surface area contributed by atoms with Crippen LogP contribution in [-0.2, 0) is 5.60 Å². The fourth-order valence-electron chi connectivity index (χ4n) is 1.77. The van der Waals surface area contributed by atoms with E-state index in [1.165, 1.54) is 0 Å². The van der Waals surface area contributed by atoms with Gasteiger partial charge >= 0.3 is 0 Å². The minimum absolute atomic E-state index is 0.422. The van der Waals surface area contributed by atoms with Crippen LogP contribution >= 0.6 is 0 Å². The number of aryl methyl sites for hydroxylation is 1. The molecule has 1 aromatic carbocycles. The minimum Gasteiger partial charge on any atom is -0.497 e. The molecular formula is C15H18N2O2. The summed E-state index contributed by atoms with van der Waals surface area (Å²) < 4.78 is 5.21. The molecule has 4 nitrogen and oxygen atoms in total. The average molecular weight is 258 g/mol. The summed E-state index contributed by atoms with van der Waals surface area (Å²) in [5, 5.41) is 10.0. The summed E-state index contributed by atoms with van der Waals surface area (Å²) >= 11 is 0. The predicted octanol–water partition coefficient (Wildman–Crippen LogP) is 2.69. The van der Waals surface area contributed by atoms with E-state index in [-0.39, 0.29) is 0 Å². The summed E-state index contributed by atoms with van der Waals surface area (Å²) in [5.41, 5.74) is 1.49. The molecule has 19 heavy (non-hydrogen) atoms. The quantitative estimate of drug-likeness (QED) is 0.919. The van der Waals surface area contributed by atoms with Gasteiger partial charge in [-0.25, -0.2) is 9.97 Å². The summed E-state index contributed by atoms with van der Waals surface area (Å²) in [5.74, 6) is 1.20. The van der Waals surface area contributed by atoms with Crippen LogP contribution in [0.5, 0.6) is 5.75 Å². The second kappa shape index (κ2) is 4.97. The van der Waals surface area contributed by atoms with E-state index in [1.807, 2.05) is 37.3 Å². The highest BCUT2D eigenvalue weighted by Gasteiger charge is 2.20. The zero-order valence-electron chi connectivity index (χ0n) is 11.6. The molecule has 0 amide bonds. The van der Waals surface area contributed by atoms with Gasteiger partial charge in [0, 0.05) is 11.3 Å². The van der Waals surface area contributed by atoms with Crippen LogP contribution in [-0.4, -0.2) is 22.2 Å². The van der Waals surface area contributed by atoms with Crippen LogP contribution in [0.3, 0.4) is 0 Å². The lowest BCUT2D eigenvalue weighted by Crippen LogP contribution is -2.20. The van der Waals surface area contributed by atoms with Crippen molar-refractivity contribution >= 4 is 0 Å². The van der Waals surface area contributed by atoms with Crippen molar-refractivity contribution in [3.63, 3.8) is 0 Å². The summed E-state index contributed by atoms with van der Waals surface area (Å²) in [7, 11) is 1.63. The van der Waals surface area contributed by atoms with Crippen molar-refractivity contribution in [1.29, 1.82) is 0 Å². The second-order valence-corrected chi connectivity index (χ2v) is 5.01. The first kappa shape index (κ1) is 13.5. The molecular weight excluding hydrogens is 240 g/mol. The summed E-state index contributed by atoms with van der Waals surface area (Å²) in [6.07, 6.45) is 0. The van der Waals surface area contributed by atoms with Gasteiger partial charge in [-0.3, -0.25) is 0 Å². The third kappa shape index (κ3) is 3.09. The van der Waals surface area contributed by atoms with Gasteiger partial charge in [0.15, 0.2) is 5.82 Å². The lowest BCUT2D eigenvalue weighted by molar-refractivity contribution is 0.0686. The lowest BCUT2D eigenvalue weighted by Gasteiger charge is -2.17. The molecule has 0 aliphatic heterocycles. The third-order valence-corrected chi connectivity index (χ3v) is 2.77. The number of aromatic nitrogens is 2. The van der Waals surface area contributed by atoms with E-state index in [0.29, 0.717) is 5.82 Å². The van der Waals surface area contributed by atoms with Crippen LogP contribution in [0.1, 0.15) is 25.4 Å². The Morgan fingerprint density at radius 3 is 2.53 bits per heavy atom. The molecule has 1 aromatic heterocycles. The SMILES string of the molecule is COc1cccc(-c2cc(C)nc(C(C)(C)O)n2)c1. The minimum atomic E-state index is -1.06. The third-order valence-electron chi connectivity index (χ3n) is 2.77. The number of nitrogens with zero attached hydrogens (tertiary/aromatic N) is 2. The van der Waals surface area contributed by atoms with Crippen LogP contribution < -0.4 is 4.74 Å². The lowest BCUT2D eigenvalue weighted by atomic mass is 10.1. The highest BCUT2D eigenvalue weighted by Crippen LogP contribution is 2.25. The van der Waals surface area contributed by atoms with Crippen molar-refractivity contribution in [1.82, 2.24) is 9.97 Å². The Morgan fingerprint density at radius 1 is 1.16 bits per heavy atom. The molecule has 2 aromatic rings. The topological polar surface area (TPSA) is 55.2 Å². The summed E-state index contributed by atoms with van der Waals surface area (Å²) in [6.45, 7) is 5.24. The first-order valence-corrected chi connectivity index (χ1v) is 6.13. The normalized spacial score (nSPS) is 11.4. The second-order valence-electron chi connectivity index (χ2n) is 5.01. The first-order valence-electron chi connectivity index (χ1n) is 6.13. The van der Waals surface area contributed by atoms with Crippen LogP contribution in [0, 0.1) is 6.92 Å². The van der Waals surface area contributed by atoms with Crippen molar-refractivity contribution in [2.75, 3.05) is 7.11 Å². The first-order chi connectivity index (χ1) is 8.90. The number of ether oxygens (including phenoxy) is 1. The molecule has 0 aliphatic carbocycles. The number of benzene rings is 1. The van der Waals surface area contributed by atoms with E-state index >= 15 is 0 Å². The zero-order chi connectivity index (χ0) is 14.0. The van der Waals surface area contributed by atoms with Crippen molar-refractivity contribution in [3.05, 3.63) is 41.9 Å². The highest BCUT2D eigenvalue weighted by molar-refractivity contribution is 5.61. The molecule has 0 spiro atoms. The van der Waals surface area contributed by atoms with Crippen molar-refractivity contribution < 1.29 is 9.84 Å². The van der Waals surface area contributed by atoms with Crippen molar-refractivity contribution in [2.45, 2.75) is 26.4 Å². The fraction of sp³-hybridized carbons (Fsp3) is 0.333. The molecule has 100 valence electrons. The molecule has 0 saturated heterocycles. The Hall–Kier alpha value is -1.94. The van der Waals surface area contributed by atoms with Gasteiger partial charge in [-0.2, -0.15) is 0 Å². The maximum Gasteiger partial charge on any atom is 0.160 e. The van der Waals surface area contributed by atoms with E-state index in [4.69, 9.17) is 4.74 Å². The Labute approximate surface area is 113 Å². The molecule has 1 N–H and O–H groups in total. The molecule has 0 aliphatic rings. The molecule has 0 bridgehead atoms. The predicted molar refractivity (Wildman–Crippen MR) is 74.0 cm³/mol. The zero-order valence-corrected chi connectivity index (χ0v) is 11.6. The number of methoxy groups -OCH3 is 1. The highest BCUT2D eigenvalue weighted by atomic mass is 16.5. The summed E-state index contributed by atoms with van der Waals surface area (Å²) in [4.78, 5) is 8.71. The van der Waals surface area contributed by atoms with Gasteiger partial charge in [0.25, 0.3) is 0 Å². The van der Waals surface area contributed by atoms with Crippen LogP contribution in [0.2, 0.25) is 0 Å². The monoisotopic (exact) mass is 258 g/mol.